The molecule has 3 aromatic rings. The predicted molar refractivity (Wildman–Crippen MR) is 115 cm³/mol. The van der Waals surface area contributed by atoms with E-state index in [0.717, 1.165) is 81.3 Å². The van der Waals surface area contributed by atoms with Crippen LogP contribution in [0.25, 0.3) is 22.6 Å². The molecule has 3 heterocycles. The van der Waals surface area contributed by atoms with Crippen molar-refractivity contribution in [3.63, 3.8) is 0 Å². The number of nitrogens with zero attached hydrogens (tertiary/aromatic N) is 4. The molecule has 8 heteroatoms. The number of hydrogen-bond donors (Lipinski definition) is 3. The van der Waals surface area contributed by atoms with Crippen molar-refractivity contribution in [3.05, 3.63) is 36.2 Å². The molecule has 0 bridgehead atoms. The largest absolute Gasteiger partial charge is 0.393 e. The van der Waals surface area contributed by atoms with Gasteiger partial charge >= 0.3 is 0 Å². The molecule has 1 saturated carbocycles. The van der Waals surface area contributed by atoms with Gasteiger partial charge in [-0.3, -0.25) is 4.90 Å². The van der Waals surface area contributed by atoms with E-state index in [-0.39, 0.29) is 6.10 Å². The van der Waals surface area contributed by atoms with Crippen LogP contribution in [0.1, 0.15) is 31.5 Å². The minimum atomic E-state index is -0.180. The van der Waals surface area contributed by atoms with Gasteiger partial charge in [-0.1, -0.05) is 30.3 Å². The summed E-state index contributed by atoms with van der Waals surface area (Å²) in [6.45, 7) is 4.09. The second-order valence-corrected chi connectivity index (χ2v) is 8.18. The van der Waals surface area contributed by atoms with Crippen molar-refractivity contribution in [1.82, 2.24) is 24.8 Å². The molecule has 0 radical (unpaired) electrons. The second-order valence-electron chi connectivity index (χ2n) is 8.18. The fourth-order valence-corrected chi connectivity index (χ4v) is 4.23. The lowest BCUT2D eigenvalue weighted by Gasteiger charge is -2.26. The Hall–Kier alpha value is -2.55. The first-order chi connectivity index (χ1) is 14.7. The molecule has 1 aliphatic heterocycles. The first-order valence-electron chi connectivity index (χ1n) is 10.8. The lowest BCUT2D eigenvalue weighted by molar-refractivity contribution is 0.0332. The van der Waals surface area contributed by atoms with Crippen LogP contribution in [0.2, 0.25) is 0 Å². The van der Waals surface area contributed by atoms with E-state index in [1.54, 1.807) is 0 Å². The zero-order valence-electron chi connectivity index (χ0n) is 17.0. The van der Waals surface area contributed by atoms with Gasteiger partial charge in [0.15, 0.2) is 17.3 Å². The Morgan fingerprint density at radius 2 is 1.80 bits per heavy atom. The summed E-state index contributed by atoms with van der Waals surface area (Å²) < 4.78 is 5.45. The van der Waals surface area contributed by atoms with Crippen LogP contribution < -0.4 is 5.32 Å². The van der Waals surface area contributed by atoms with E-state index < -0.39 is 0 Å². The molecule has 3 N–H and O–H groups in total. The lowest BCUT2D eigenvalue weighted by atomic mass is 9.93. The third-order valence-corrected chi connectivity index (χ3v) is 5.95. The van der Waals surface area contributed by atoms with E-state index in [9.17, 15) is 5.11 Å². The first kappa shape index (κ1) is 19.4. The van der Waals surface area contributed by atoms with Gasteiger partial charge in [0.2, 0.25) is 0 Å². The fraction of sp³-hybridized carbons (Fsp3) is 0.500. The average Bonchev–Trinajstić information content (AvgIpc) is 3.19. The molecule has 8 nitrogen and oxygen atoms in total. The predicted octanol–water partition coefficient (Wildman–Crippen LogP) is 2.57. The number of aliphatic hydroxyl groups excluding tert-OH is 1. The summed E-state index contributed by atoms with van der Waals surface area (Å²) in [5.74, 6) is 2.36. The van der Waals surface area contributed by atoms with E-state index in [1.807, 2.05) is 30.3 Å². The van der Waals surface area contributed by atoms with E-state index in [2.05, 4.69) is 15.2 Å². The summed E-state index contributed by atoms with van der Waals surface area (Å²) in [6.07, 6.45) is 3.33. The third kappa shape index (κ3) is 4.30. The number of aromatic nitrogens is 4. The highest BCUT2D eigenvalue weighted by molar-refractivity contribution is 5.85. The molecule has 2 fully saturated rings. The molecule has 1 saturated heterocycles. The number of rotatable bonds is 5. The quantitative estimate of drug-likeness (QED) is 0.597. The van der Waals surface area contributed by atoms with Gasteiger partial charge in [-0.15, -0.1) is 0 Å². The Labute approximate surface area is 175 Å². The zero-order chi connectivity index (χ0) is 20.3. The molecule has 2 aliphatic rings. The number of imidazole rings is 1. The monoisotopic (exact) mass is 408 g/mol. The van der Waals surface area contributed by atoms with E-state index in [0.29, 0.717) is 17.5 Å². The Bertz CT molecular complexity index is 978. The Balaban J connectivity index is 1.47. The van der Waals surface area contributed by atoms with Crippen molar-refractivity contribution < 1.29 is 9.84 Å². The van der Waals surface area contributed by atoms with Gasteiger partial charge in [0.1, 0.15) is 11.3 Å². The van der Waals surface area contributed by atoms with Crippen molar-refractivity contribution in [2.24, 2.45) is 0 Å². The zero-order valence-corrected chi connectivity index (χ0v) is 17.0. The summed E-state index contributed by atoms with van der Waals surface area (Å²) in [5, 5.41) is 13.4. The highest BCUT2D eigenvalue weighted by Crippen LogP contribution is 2.27. The van der Waals surface area contributed by atoms with Crippen LogP contribution in [0.5, 0.6) is 0 Å². The topological polar surface area (TPSA) is 99.2 Å². The van der Waals surface area contributed by atoms with Gasteiger partial charge in [-0.05, 0) is 25.7 Å². The number of benzene rings is 1. The van der Waals surface area contributed by atoms with Crippen molar-refractivity contribution >= 4 is 17.0 Å². The molecule has 5 rings (SSSR count). The van der Waals surface area contributed by atoms with Crippen molar-refractivity contribution in [2.45, 2.75) is 44.4 Å². The highest BCUT2D eigenvalue weighted by atomic mass is 16.5. The van der Waals surface area contributed by atoms with Crippen LogP contribution in [0.3, 0.4) is 0 Å². The molecule has 30 heavy (non-hydrogen) atoms. The molecule has 0 spiro atoms. The van der Waals surface area contributed by atoms with Gasteiger partial charge in [0.05, 0.1) is 25.9 Å². The summed E-state index contributed by atoms with van der Waals surface area (Å²) in [7, 11) is 0. The molecule has 0 amide bonds. The van der Waals surface area contributed by atoms with E-state index in [1.165, 1.54) is 0 Å². The lowest BCUT2D eigenvalue weighted by Crippen LogP contribution is -2.35. The number of H-pyrrole nitrogens is 1. The molecule has 2 aromatic heterocycles. The highest BCUT2D eigenvalue weighted by Gasteiger charge is 2.22. The number of nitrogens with one attached hydrogen (secondary N) is 2. The van der Waals surface area contributed by atoms with Crippen LogP contribution in [-0.4, -0.2) is 68.4 Å². The number of hydrogen-bond acceptors (Lipinski definition) is 7. The van der Waals surface area contributed by atoms with Crippen LogP contribution in [0.4, 0.5) is 5.82 Å². The summed E-state index contributed by atoms with van der Waals surface area (Å²) in [4.78, 5) is 20.2. The molecular weight excluding hydrogens is 380 g/mol. The standard InChI is InChI=1S/C22H28N6O2/c29-17-8-6-16(7-9-17)23-21-19-22(27-20(26-21)15-4-2-1-3-5-15)25-18(24-19)14-28-10-12-30-13-11-28/h1-5,16-17,29H,6-14H2,(H2,23,24,25,26,27). The summed E-state index contributed by atoms with van der Waals surface area (Å²) in [5.41, 5.74) is 2.51. The van der Waals surface area contributed by atoms with Gasteiger partial charge in [0, 0.05) is 24.7 Å². The smallest absolute Gasteiger partial charge is 0.183 e. The van der Waals surface area contributed by atoms with E-state index in [4.69, 9.17) is 19.7 Å². The number of ether oxygens (including phenoxy) is 1. The van der Waals surface area contributed by atoms with Crippen molar-refractivity contribution in [3.8, 4) is 11.4 Å². The third-order valence-electron chi connectivity index (χ3n) is 5.95. The number of aliphatic hydroxyl groups is 1. The molecule has 1 aliphatic carbocycles. The maximum absolute atomic E-state index is 9.83. The maximum Gasteiger partial charge on any atom is 0.183 e. The molecule has 1 aromatic carbocycles. The van der Waals surface area contributed by atoms with Crippen LogP contribution in [-0.2, 0) is 11.3 Å². The van der Waals surface area contributed by atoms with E-state index >= 15 is 0 Å². The summed E-state index contributed by atoms with van der Waals surface area (Å²) in [6, 6.07) is 10.3. The minimum Gasteiger partial charge on any atom is -0.393 e. The van der Waals surface area contributed by atoms with Gasteiger partial charge in [-0.25, -0.2) is 15.0 Å². The number of anilines is 1. The Kier molecular flexibility index (Phi) is 5.61. The maximum atomic E-state index is 9.83. The van der Waals surface area contributed by atoms with Crippen molar-refractivity contribution in [2.75, 3.05) is 31.6 Å². The molecule has 0 unspecified atom stereocenters. The second kappa shape index (κ2) is 8.67. The first-order valence-corrected chi connectivity index (χ1v) is 10.8. The van der Waals surface area contributed by atoms with Crippen LogP contribution in [0, 0.1) is 0 Å². The number of aromatic amines is 1. The molecule has 158 valence electrons. The minimum absolute atomic E-state index is 0.180. The number of fused-ring (bicyclic) bond motifs is 1. The fourth-order valence-electron chi connectivity index (χ4n) is 4.23. The molecule has 0 atom stereocenters. The van der Waals surface area contributed by atoms with Crippen LogP contribution >= 0.6 is 0 Å². The Morgan fingerprint density at radius 3 is 2.57 bits per heavy atom. The van der Waals surface area contributed by atoms with Gasteiger partial charge < -0.3 is 20.1 Å². The molecular formula is C22H28N6O2. The normalized spacial score (nSPS) is 23.0. The van der Waals surface area contributed by atoms with Crippen molar-refractivity contribution in [1.29, 1.82) is 0 Å². The van der Waals surface area contributed by atoms with Crippen LogP contribution in [0.15, 0.2) is 30.3 Å². The van der Waals surface area contributed by atoms with Gasteiger partial charge in [-0.2, -0.15) is 0 Å². The summed E-state index contributed by atoms with van der Waals surface area (Å²) >= 11 is 0. The average molecular weight is 409 g/mol. The van der Waals surface area contributed by atoms with Gasteiger partial charge in [0.25, 0.3) is 0 Å². The Morgan fingerprint density at radius 1 is 1.03 bits per heavy atom. The number of morpholine rings is 1. The SMILES string of the molecule is OC1CCC(Nc2nc(-c3ccccc3)nc3nc(CN4CCOCC4)[nH]c23)CC1.